The van der Waals surface area contributed by atoms with Gasteiger partial charge in [-0.05, 0) is 18.7 Å². The minimum atomic E-state index is 0.121. The molecule has 1 saturated heterocycles. The Kier molecular flexibility index (Phi) is 6.36. The quantitative estimate of drug-likeness (QED) is 0.697. The Bertz CT molecular complexity index is 340. The number of para-hydroxylation sites is 1. The molecule has 0 atom stereocenters. The predicted octanol–water partition coefficient (Wildman–Crippen LogP) is 4.14. The molecular weight excluding hydrogens is 234 g/mol. The molecule has 108 valence electrons. The first-order valence-electron chi connectivity index (χ1n) is 7.73. The van der Waals surface area contributed by atoms with Crippen molar-refractivity contribution >= 4 is 0 Å². The number of ether oxygens (including phenoxy) is 1. The highest BCUT2D eigenvalue weighted by Gasteiger charge is 2.40. The lowest BCUT2D eigenvalue weighted by molar-refractivity contribution is 0.0271. The van der Waals surface area contributed by atoms with Crippen LogP contribution < -0.4 is 4.74 Å². The largest absolute Gasteiger partial charge is 0.487 e. The third-order valence-corrected chi connectivity index (χ3v) is 3.71. The third-order valence-electron chi connectivity index (χ3n) is 3.71. The maximum atomic E-state index is 6.16. The Morgan fingerprint density at radius 1 is 1.00 bits per heavy atom. The summed E-state index contributed by atoms with van der Waals surface area (Å²) >= 11 is 0. The van der Waals surface area contributed by atoms with Crippen LogP contribution in [-0.2, 0) is 6.42 Å². The predicted molar refractivity (Wildman–Crippen MR) is 82.9 cm³/mol. The Morgan fingerprint density at radius 3 is 2.16 bits per heavy atom. The zero-order chi connectivity index (χ0) is 14.3. The van der Waals surface area contributed by atoms with E-state index < -0.39 is 0 Å². The standard InChI is InChI=1S/C13H17NO.2C2H6/c1-14-8-6-13(7-9-14)10-11-4-2-3-5-12(11)15-13;2*1-2/h2-5H,6-10H2,1H3;2*1-2H3. The van der Waals surface area contributed by atoms with E-state index in [9.17, 15) is 0 Å². The zero-order valence-electron chi connectivity index (χ0n) is 13.2. The second-order valence-corrected chi connectivity index (χ2v) is 4.87. The van der Waals surface area contributed by atoms with E-state index in [1.165, 1.54) is 5.56 Å². The van der Waals surface area contributed by atoms with E-state index in [-0.39, 0.29) is 5.60 Å². The summed E-state index contributed by atoms with van der Waals surface area (Å²) in [7, 11) is 2.19. The second kappa shape index (κ2) is 7.54. The average Bonchev–Trinajstić information content (AvgIpc) is 2.85. The molecule has 0 aliphatic carbocycles. The topological polar surface area (TPSA) is 12.5 Å². The Labute approximate surface area is 118 Å². The van der Waals surface area contributed by atoms with E-state index in [0.29, 0.717) is 0 Å². The van der Waals surface area contributed by atoms with Gasteiger partial charge >= 0.3 is 0 Å². The summed E-state index contributed by atoms with van der Waals surface area (Å²) < 4.78 is 6.16. The number of likely N-dealkylation sites (tertiary alicyclic amines) is 1. The van der Waals surface area contributed by atoms with Crippen LogP contribution in [0.4, 0.5) is 0 Å². The molecule has 0 unspecified atom stereocenters. The Balaban J connectivity index is 0.000000415. The normalized spacial score (nSPS) is 19.4. The van der Waals surface area contributed by atoms with Crippen molar-refractivity contribution < 1.29 is 4.74 Å². The maximum Gasteiger partial charge on any atom is 0.123 e. The summed E-state index contributed by atoms with van der Waals surface area (Å²) in [5.41, 5.74) is 1.51. The van der Waals surface area contributed by atoms with Crippen LogP contribution in [0.1, 0.15) is 46.1 Å². The van der Waals surface area contributed by atoms with Crippen molar-refractivity contribution in [3.63, 3.8) is 0 Å². The van der Waals surface area contributed by atoms with Crippen LogP contribution in [0, 0.1) is 0 Å². The van der Waals surface area contributed by atoms with Crippen molar-refractivity contribution in [2.45, 2.75) is 52.6 Å². The van der Waals surface area contributed by atoms with Gasteiger partial charge in [0, 0.05) is 32.4 Å². The molecule has 0 aromatic heterocycles. The van der Waals surface area contributed by atoms with Crippen LogP contribution in [0.3, 0.4) is 0 Å². The minimum absolute atomic E-state index is 0.121. The molecule has 3 rings (SSSR count). The first kappa shape index (κ1) is 16.0. The maximum absolute atomic E-state index is 6.16. The van der Waals surface area contributed by atoms with Gasteiger partial charge < -0.3 is 9.64 Å². The molecule has 0 N–H and O–H groups in total. The van der Waals surface area contributed by atoms with Gasteiger partial charge in [-0.15, -0.1) is 0 Å². The molecule has 0 radical (unpaired) electrons. The molecule has 1 aromatic carbocycles. The number of hydrogen-bond donors (Lipinski definition) is 0. The fourth-order valence-corrected chi connectivity index (χ4v) is 2.67. The highest BCUT2D eigenvalue weighted by Crippen LogP contribution is 2.40. The second-order valence-electron chi connectivity index (χ2n) is 4.87. The summed E-state index contributed by atoms with van der Waals surface area (Å²) in [5.74, 6) is 1.11. The lowest BCUT2D eigenvalue weighted by Gasteiger charge is -2.37. The van der Waals surface area contributed by atoms with Crippen LogP contribution in [0.5, 0.6) is 5.75 Å². The molecule has 19 heavy (non-hydrogen) atoms. The number of nitrogens with zero attached hydrogens (tertiary/aromatic N) is 1. The third kappa shape index (κ3) is 3.73. The SMILES string of the molecule is CC.CC.CN1CCC2(CC1)Cc1ccccc1O2. The van der Waals surface area contributed by atoms with Crippen molar-refractivity contribution in [1.29, 1.82) is 0 Å². The van der Waals surface area contributed by atoms with Gasteiger partial charge in [-0.3, -0.25) is 0 Å². The van der Waals surface area contributed by atoms with Gasteiger partial charge in [0.05, 0.1) is 0 Å². The molecule has 1 fully saturated rings. The number of rotatable bonds is 0. The van der Waals surface area contributed by atoms with Crippen LogP contribution in [0.25, 0.3) is 0 Å². The average molecular weight is 263 g/mol. The molecule has 2 heterocycles. The van der Waals surface area contributed by atoms with Gasteiger partial charge in [0.1, 0.15) is 11.4 Å². The molecular formula is C17H29NO. The van der Waals surface area contributed by atoms with Gasteiger partial charge in [0.25, 0.3) is 0 Å². The summed E-state index contributed by atoms with van der Waals surface area (Å²) in [6.07, 6.45) is 3.44. The number of fused-ring (bicyclic) bond motifs is 1. The molecule has 0 saturated carbocycles. The number of hydrogen-bond acceptors (Lipinski definition) is 2. The van der Waals surface area contributed by atoms with Gasteiger partial charge in [-0.25, -0.2) is 0 Å². The number of benzene rings is 1. The fraction of sp³-hybridized carbons (Fsp3) is 0.647. The van der Waals surface area contributed by atoms with E-state index in [2.05, 4.69) is 36.2 Å². The van der Waals surface area contributed by atoms with Crippen LogP contribution in [0.15, 0.2) is 24.3 Å². The molecule has 0 bridgehead atoms. The zero-order valence-corrected chi connectivity index (χ0v) is 13.2. The molecule has 1 spiro atoms. The van der Waals surface area contributed by atoms with Crippen LogP contribution >= 0.6 is 0 Å². The highest BCUT2D eigenvalue weighted by atomic mass is 16.5. The first-order valence-corrected chi connectivity index (χ1v) is 7.73. The van der Waals surface area contributed by atoms with Crippen molar-refractivity contribution in [2.75, 3.05) is 20.1 Å². The van der Waals surface area contributed by atoms with E-state index in [1.807, 2.05) is 27.7 Å². The summed E-state index contributed by atoms with van der Waals surface area (Å²) in [4.78, 5) is 2.39. The van der Waals surface area contributed by atoms with E-state index >= 15 is 0 Å². The lowest BCUT2D eigenvalue weighted by Crippen LogP contribution is -2.45. The minimum Gasteiger partial charge on any atom is -0.487 e. The van der Waals surface area contributed by atoms with E-state index in [4.69, 9.17) is 4.74 Å². The van der Waals surface area contributed by atoms with E-state index in [0.717, 1.165) is 38.1 Å². The molecule has 1 aromatic rings. The Hall–Kier alpha value is -1.02. The molecule has 0 amide bonds. The van der Waals surface area contributed by atoms with Crippen molar-refractivity contribution in [2.24, 2.45) is 0 Å². The van der Waals surface area contributed by atoms with E-state index in [1.54, 1.807) is 0 Å². The lowest BCUT2D eigenvalue weighted by atomic mass is 9.87. The summed E-state index contributed by atoms with van der Waals surface area (Å²) in [6.45, 7) is 10.3. The van der Waals surface area contributed by atoms with Gasteiger partial charge in [-0.1, -0.05) is 45.9 Å². The van der Waals surface area contributed by atoms with Crippen molar-refractivity contribution in [1.82, 2.24) is 4.90 Å². The monoisotopic (exact) mass is 263 g/mol. The molecule has 2 aliphatic heterocycles. The smallest absolute Gasteiger partial charge is 0.123 e. The number of piperidine rings is 1. The van der Waals surface area contributed by atoms with Gasteiger partial charge in [0.2, 0.25) is 0 Å². The van der Waals surface area contributed by atoms with Crippen LogP contribution in [0.2, 0.25) is 0 Å². The van der Waals surface area contributed by atoms with Gasteiger partial charge in [0.15, 0.2) is 0 Å². The first-order chi connectivity index (χ1) is 9.27. The summed E-state index contributed by atoms with van der Waals surface area (Å²) in [6, 6.07) is 8.47. The molecule has 2 nitrogen and oxygen atoms in total. The molecule has 2 aliphatic rings. The molecule has 2 heteroatoms. The van der Waals surface area contributed by atoms with Crippen molar-refractivity contribution in [3.05, 3.63) is 29.8 Å². The van der Waals surface area contributed by atoms with Gasteiger partial charge in [-0.2, -0.15) is 0 Å². The Morgan fingerprint density at radius 2 is 1.58 bits per heavy atom. The summed E-state index contributed by atoms with van der Waals surface area (Å²) in [5, 5.41) is 0. The highest BCUT2D eigenvalue weighted by molar-refractivity contribution is 5.39. The fourth-order valence-electron chi connectivity index (χ4n) is 2.67. The van der Waals surface area contributed by atoms with Crippen LogP contribution in [-0.4, -0.2) is 30.6 Å². The van der Waals surface area contributed by atoms with Crippen molar-refractivity contribution in [3.8, 4) is 5.75 Å².